The van der Waals surface area contributed by atoms with Crippen LogP contribution in [-0.4, -0.2) is 20.7 Å². The number of aromatic nitrogens is 3. The summed E-state index contributed by atoms with van der Waals surface area (Å²) in [5.41, 5.74) is 1.61. The topological polar surface area (TPSA) is 59.8 Å². The van der Waals surface area contributed by atoms with Crippen LogP contribution in [0.15, 0.2) is 48.8 Å². The van der Waals surface area contributed by atoms with Crippen molar-refractivity contribution in [2.24, 2.45) is 0 Å². The van der Waals surface area contributed by atoms with Gasteiger partial charge < -0.3 is 5.32 Å². The first-order chi connectivity index (χ1) is 13.4. The number of hydrogen-bond acceptors (Lipinski definition) is 3. The van der Waals surface area contributed by atoms with E-state index in [1.54, 1.807) is 42.6 Å². The van der Waals surface area contributed by atoms with Gasteiger partial charge in [0.25, 0.3) is 5.91 Å². The fourth-order valence-corrected chi connectivity index (χ4v) is 3.43. The van der Waals surface area contributed by atoms with E-state index in [9.17, 15) is 18.0 Å². The molecule has 1 aromatic carbocycles. The lowest BCUT2D eigenvalue weighted by Gasteiger charge is -2.15. The lowest BCUT2D eigenvalue weighted by atomic mass is 9.95. The van der Waals surface area contributed by atoms with Crippen LogP contribution in [0.25, 0.3) is 5.69 Å². The third-order valence-electron chi connectivity index (χ3n) is 4.74. The number of rotatable bonds is 3. The Bertz CT molecular complexity index is 1000. The predicted molar refractivity (Wildman–Crippen MR) is 105 cm³/mol. The highest BCUT2D eigenvalue weighted by atomic mass is 35.5. The van der Waals surface area contributed by atoms with Gasteiger partial charge in [-0.3, -0.25) is 9.78 Å². The molecule has 0 atom stereocenters. The van der Waals surface area contributed by atoms with E-state index < -0.39 is 11.9 Å². The van der Waals surface area contributed by atoms with Crippen LogP contribution < -0.4 is 5.32 Å². The van der Waals surface area contributed by atoms with Gasteiger partial charge in [0.05, 0.1) is 11.3 Å². The smallest absolute Gasteiger partial charge is 0.322 e. The highest BCUT2D eigenvalue weighted by Gasteiger charge is 2.39. The quantitative estimate of drug-likeness (QED) is 0.657. The zero-order valence-electron chi connectivity index (χ0n) is 15.2. The number of alkyl halides is 3. The number of fused-ring (bicyclic) bond motifs is 1. The Labute approximate surface area is 171 Å². The van der Waals surface area contributed by atoms with Crippen LogP contribution in [0.3, 0.4) is 0 Å². The Morgan fingerprint density at radius 1 is 1.07 bits per heavy atom. The van der Waals surface area contributed by atoms with Gasteiger partial charge in [0.15, 0.2) is 5.69 Å². The van der Waals surface area contributed by atoms with E-state index in [-0.39, 0.29) is 18.3 Å². The van der Waals surface area contributed by atoms with Crippen molar-refractivity contribution in [1.29, 1.82) is 0 Å². The summed E-state index contributed by atoms with van der Waals surface area (Å²) in [6.45, 7) is 0. The maximum atomic E-state index is 13.3. The largest absolute Gasteiger partial charge is 0.435 e. The van der Waals surface area contributed by atoms with Gasteiger partial charge in [0, 0.05) is 29.3 Å². The van der Waals surface area contributed by atoms with E-state index >= 15 is 0 Å². The summed E-state index contributed by atoms with van der Waals surface area (Å²) >= 11 is 0. The summed E-state index contributed by atoms with van der Waals surface area (Å²) in [5, 5.41) is 6.61. The number of anilines is 1. The second-order valence-corrected chi connectivity index (χ2v) is 6.63. The molecule has 1 N–H and O–H groups in total. The molecule has 2 aromatic heterocycles. The lowest BCUT2D eigenvalue weighted by molar-refractivity contribution is -0.142. The zero-order valence-corrected chi connectivity index (χ0v) is 16.1. The van der Waals surface area contributed by atoms with Crippen LogP contribution in [0.5, 0.6) is 0 Å². The standard InChI is InChI=1S/C20H17F3N4O.ClH/c21-20(22,23)18-16-5-1-2-6-17(16)27(26-18)15-9-7-14(8-10-15)25-19(28)13-4-3-11-24-12-13;/h3-4,7-12H,1-2,5-6H2,(H,25,28);1H. The van der Waals surface area contributed by atoms with Gasteiger partial charge >= 0.3 is 6.18 Å². The summed E-state index contributed by atoms with van der Waals surface area (Å²) in [7, 11) is 0. The summed E-state index contributed by atoms with van der Waals surface area (Å²) in [4.78, 5) is 16.1. The molecule has 2 heterocycles. The molecule has 29 heavy (non-hydrogen) atoms. The number of carbonyl (C=O) groups is 1. The van der Waals surface area contributed by atoms with Crippen molar-refractivity contribution in [3.8, 4) is 5.69 Å². The van der Waals surface area contributed by atoms with Crippen molar-refractivity contribution in [2.75, 3.05) is 5.32 Å². The molecule has 0 fully saturated rings. The fourth-order valence-electron chi connectivity index (χ4n) is 3.43. The molecule has 0 bridgehead atoms. The molecule has 1 aliphatic rings. The van der Waals surface area contributed by atoms with E-state index in [0.29, 0.717) is 41.0 Å². The minimum absolute atomic E-state index is 0. The molecule has 5 nitrogen and oxygen atoms in total. The molecule has 152 valence electrons. The number of pyridine rings is 1. The molecule has 0 spiro atoms. The Hall–Kier alpha value is -2.87. The van der Waals surface area contributed by atoms with Crippen LogP contribution in [0.2, 0.25) is 0 Å². The lowest BCUT2D eigenvalue weighted by Crippen LogP contribution is -2.12. The Morgan fingerprint density at radius 3 is 2.45 bits per heavy atom. The normalized spacial score (nSPS) is 13.3. The van der Waals surface area contributed by atoms with Crippen LogP contribution in [0.1, 0.15) is 40.2 Å². The number of carbonyl (C=O) groups excluding carboxylic acids is 1. The summed E-state index contributed by atoms with van der Waals surface area (Å²) < 4.78 is 41.4. The summed E-state index contributed by atoms with van der Waals surface area (Å²) in [5.74, 6) is -0.309. The molecule has 0 aliphatic heterocycles. The van der Waals surface area contributed by atoms with Crippen LogP contribution in [0.4, 0.5) is 18.9 Å². The van der Waals surface area contributed by atoms with E-state index in [0.717, 1.165) is 12.8 Å². The van der Waals surface area contributed by atoms with Crippen molar-refractivity contribution >= 4 is 24.0 Å². The highest BCUT2D eigenvalue weighted by Crippen LogP contribution is 2.36. The maximum absolute atomic E-state index is 13.3. The van der Waals surface area contributed by atoms with Crippen LogP contribution >= 0.6 is 12.4 Å². The van der Waals surface area contributed by atoms with Crippen molar-refractivity contribution in [1.82, 2.24) is 14.8 Å². The van der Waals surface area contributed by atoms with Gasteiger partial charge in [-0.1, -0.05) is 0 Å². The highest BCUT2D eigenvalue weighted by molar-refractivity contribution is 6.04. The summed E-state index contributed by atoms with van der Waals surface area (Å²) in [6, 6.07) is 9.91. The summed E-state index contributed by atoms with van der Waals surface area (Å²) in [6.07, 6.45) is 1.10. The molecule has 0 saturated carbocycles. The predicted octanol–water partition coefficient (Wildman–Crippen LogP) is 4.84. The number of benzene rings is 1. The van der Waals surface area contributed by atoms with Crippen LogP contribution in [-0.2, 0) is 19.0 Å². The molecular formula is C20H18ClF3N4O. The average Bonchev–Trinajstić information content (AvgIpc) is 3.09. The van der Waals surface area contributed by atoms with E-state index in [1.165, 1.54) is 10.9 Å². The molecule has 9 heteroatoms. The van der Waals surface area contributed by atoms with Gasteiger partial charge in [-0.15, -0.1) is 12.4 Å². The Balaban J connectivity index is 0.00000240. The van der Waals surface area contributed by atoms with Crippen molar-refractivity contribution < 1.29 is 18.0 Å². The van der Waals surface area contributed by atoms with Gasteiger partial charge in [0.2, 0.25) is 0 Å². The molecule has 1 amide bonds. The molecule has 3 aromatic rings. The van der Waals surface area contributed by atoms with Gasteiger partial charge in [-0.2, -0.15) is 18.3 Å². The zero-order chi connectivity index (χ0) is 19.7. The van der Waals surface area contributed by atoms with Crippen LogP contribution in [0, 0.1) is 0 Å². The molecular weight excluding hydrogens is 405 g/mol. The van der Waals surface area contributed by atoms with Crippen molar-refractivity contribution in [3.05, 3.63) is 71.3 Å². The number of amides is 1. The SMILES string of the molecule is Cl.O=C(Nc1ccc(-n2nc(C(F)(F)F)c3c2CCCC3)cc1)c1cccnc1. The maximum Gasteiger partial charge on any atom is 0.435 e. The average molecular weight is 423 g/mol. The third-order valence-corrected chi connectivity index (χ3v) is 4.74. The molecule has 0 radical (unpaired) electrons. The number of nitrogens with one attached hydrogen (secondary N) is 1. The Morgan fingerprint density at radius 2 is 1.79 bits per heavy atom. The molecule has 4 rings (SSSR count). The van der Waals surface area contributed by atoms with E-state index in [4.69, 9.17) is 0 Å². The van der Waals surface area contributed by atoms with Crippen molar-refractivity contribution in [2.45, 2.75) is 31.9 Å². The van der Waals surface area contributed by atoms with E-state index in [2.05, 4.69) is 15.4 Å². The first-order valence-electron chi connectivity index (χ1n) is 8.93. The number of halogens is 4. The van der Waals surface area contributed by atoms with Gasteiger partial charge in [-0.25, -0.2) is 4.68 Å². The third kappa shape index (κ3) is 4.27. The number of hydrogen-bond donors (Lipinski definition) is 1. The first-order valence-corrected chi connectivity index (χ1v) is 8.93. The second kappa shape index (κ2) is 8.24. The molecule has 1 aliphatic carbocycles. The minimum Gasteiger partial charge on any atom is -0.322 e. The van der Waals surface area contributed by atoms with Gasteiger partial charge in [-0.05, 0) is 62.1 Å². The van der Waals surface area contributed by atoms with Gasteiger partial charge in [0.1, 0.15) is 0 Å². The second-order valence-electron chi connectivity index (χ2n) is 6.63. The Kier molecular flexibility index (Phi) is 5.93. The molecule has 0 unspecified atom stereocenters. The van der Waals surface area contributed by atoms with Crippen molar-refractivity contribution in [3.63, 3.8) is 0 Å². The fraction of sp³-hybridized carbons (Fsp3) is 0.250. The molecule has 0 saturated heterocycles. The monoisotopic (exact) mass is 422 g/mol. The van der Waals surface area contributed by atoms with E-state index in [1.807, 2.05) is 0 Å². The minimum atomic E-state index is -4.47. The first kappa shape index (κ1) is 20.9. The number of nitrogens with zero attached hydrogens (tertiary/aromatic N) is 3.